The third-order valence-corrected chi connectivity index (χ3v) is 5.24. The molecule has 0 atom stereocenters. The smallest absolute Gasteiger partial charge is 0.310 e. The summed E-state index contributed by atoms with van der Waals surface area (Å²) in [6.45, 7) is 1.56. The van der Waals surface area contributed by atoms with Gasteiger partial charge in [-0.05, 0) is 24.6 Å². The van der Waals surface area contributed by atoms with Crippen LogP contribution in [0.25, 0.3) is 11.0 Å². The first-order valence-corrected chi connectivity index (χ1v) is 9.33. The molecular weight excluding hydrogens is 404 g/mol. The summed E-state index contributed by atoms with van der Waals surface area (Å²) in [4.78, 5) is 51.7. The van der Waals surface area contributed by atoms with Gasteiger partial charge in [-0.15, -0.1) is 0 Å². The number of ether oxygens (including phenoxy) is 3. The molecule has 1 aromatic heterocycles. The van der Waals surface area contributed by atoms with Crippen LogP contribution in [0.5, 0.6) is 11.5 Å². The van der Waals surface area contributed by atoms with E-state index in [1.54, 1.807) is 6.92 Å². The molecule has 1 heterocycles. The molecule has 8 heteroatoms. The van der Waals surface area contributed by atoms with Crippen molar-refractivity contribution >= 4 is 28.5 Å². The van der Waals surface area contributed by atoms with Gasteiger partial charge in [0.1, 0.15) is 22.8 Å². The molecule has 0 radical (unpaired) electrons. The zero-order valence-electron chi connectivity index (χ0n) is 17.3. The van der Waals surface area contributed by atoms with E-state index in [0.717, 1.165) is 0 Å². The van der Waals surface area contributed by atoms with E-state index in [0.29, 0.717) is 5.75 Å². The molecule has 4 rings (SSSR count). The Balaban J connectivity index is 2.11. The summed E-state index contributed by atoms with van der Waals surface area (Å²) in [6, 6.07) is 5.61. The van der Waals surface area contributed by atoms with Crippen LogP contribution in [0.15, 0.2) is 33.5 Å². The van der Waals surface area contributed by atoms with Crippen LogP contribution in [0.1, 0.15) is 43.2 Å². The molecule has 0 amide bonds. The molecule has 1 aliphatic carbocycles. The van der Waals surface area contributed by atoms with E-state index >= 15 is 0 Å². The van der Waals surface area contributed by atoms with Crippen molar-refractivity contribution in [3.05, 3.63) is 68.1 Å². The zero-order chi connectivity index (χ0) is 22.4. The van der Waals surface area contributed by atoms with Gasteiger partial charge < -0.3 is 18.6 Å². The van der Waals surface area contributed by atoms with E-state index in [9.17, 15) is 19.2 Å². The second-order valence-corrected chi connectivity index (χ2v) is 7.05. The van der Waals surface area contributed by atoms with Crippen molar-refractivity contribution in [2.24, 2.45) is 0 Å². The summed E-state index contributed by atoms with van der Waals surface area (Å²) in [7, 11) is 4.03. The lowest BCUT2D eigenvalue weighted by Gasteiger charge is -2.22. The summed E-state index contributed by atoms with van der Waals surface area (Å²) < 4.78 is 21.0. The van der Waals surface area contributed by atoms with Gasteiger partial charge in [-0.1, -0.05) is 0 Å². The second kappa shape index (κ2) is 7.39. The number of aryl methyl sites for hydroxylation is 1. The first-order valence-electron chi connectivity index (χ1n) is 9.33. The minimum Gasteiger partial charge on any atom is -0.497 e. The lowest BCUT2D eigenvalue weighted by molar-refractivity contribution is -0.139. The molecule has 0 saturated carbocycles. The molecule has 1 aliphatic rings. The van der Waals surface area contributed by atoms with E-state index < -0.39 is 23.0 Å². The quantitative estimate of drug-likeness (QED) is 0.462. The number of rotatable bonds is 4. The molecule has 0 saturated heterocycles. The van der Waals surface area contributed by atoms with Gasteiger partial charge in [-0.2, -0.15) is 0 Å². The van der Waals surface area contributed by atoms with Crippen molar-refractivity contribution in [1.29, 1.82) is 0 Å². The maximum absolute atomic E-state index is 13.5. The first-order chi connectivity index (χ1) is 14.8. The van der Waals surface area contributed by atoms with E-state index in [-0.39, 0.29) is 56.7 Å². The fraction of sp³-hybridized carbons (Fsp3) is 0.217. The number of ketones is 2. The normalized spacial score (nSPS) is 12.4. The van der Waals surface area contributed by atoms with E-state index in [4.69, 9.17) is 18.6 Å². The van der Waals surface area contributed by atoms with Crippen molar-refractivity contribution in [3.8, 4) is 11.5 Å². The molecule has 8 nitrogen and oxygen atoms in total. The Morgan fingerprint density at radius 2 is 1.61 bits per heavy atom. The summed E-state index contributed by atoms with van der Waals surface area (Å²) in [5.74, 6) is -0.813. The van der Waals surface area contributed by atoms with Crippen molar-refractivity contribution in [1.82, 2.24) is 0 Å². The average Bonchev–Trinajstić information content (AvgIpc) is 2.75. The fourth-order valence-corrected chi connectivity index (χ4v) is 3.86. The number of hydrogen-bond donors (Lipinski definition) is 0. The summed E-state index contributed by atoms with van der Waals surface area (Å²) in [5.41, 5.74) is -0.0531. The topological polar surface area (TPSA) is 109 Å². The third-order valence-electron chi connectivity index (χ3n) is 5.24. The van der Waals surface area contributed by atoms with Crippen LogP contribution >= 0.6 is 0 Å². The van der Waals surface area contributed by atoms with Crippen LogP contribution in [-0.2, 0) is 16.0 Å². The Morgan fingerprint density at radius 1 is 0.903 bits per heavy atom. The van der Waals surface area contributed by atoms with Crippen LogP contribution in [-0.4, -0.2) is 38.9 Å². The zero-order valence-corrected chi connectivity index (χ0v) is 17.3. The van der Waals surface area contributed by atoms with Crippen LogP contribution in [0.2, 0.25) is 0 Å². The Kier molecular flexibility index (Phi) is 4.85. The highest BCUT2D eigenvalue weighted by molar-refractivity contribution is 6.32. The molecule has 0 bridgehead atoms. The van der Waals surface area contributed by atoms with Gasteiger partial charge in [0.05, 0.1) is 44.3 Å². The highest BCUT2D eigenvalue weighted by Crippen LogP contribution is 2.39. The molecule has 0 aliphatic heterocycles. The Labute approximate surface area is 176 Å². The minimum atomic E-state index is -0.598. The number of benzene rings is 2. The summed E-state index contributed by atoms with van der Waals surface area (Å²) >= 11 is 0. The van der Waals surface area contributed by atoms with Gasteiger partial charge in [0.25, 0.3) is 0 Å². The minimum absolute atomic E-state index is 0.0351. The van der Waals surface area contributed by atoms with Gasteiger partial charge in [-0.25, -0.2) is 0 Å². The van der Waals surface area contributed by atoms with Crippen LogP contribution in [0.4, 0.5) is 0 Å². The van der Waals surface area contributed by atoms with Crippen LogP contribution < -0.4 is 14.9 Å². The highest BCUT2D eigenvalue weighted by Gasteiger charge is 2.37. The Morgan fingerprint density at radius 3 is 2.26 bits per heavy atom. The molecule has 0 N–H and O–H groups in total. The molecule has 0 fully saturated rings. The van der Waals surface area contributed by atoms with E-state index in [1.165, 1.54) is 45.6 Å². The maximum Gasteiger partial charge on any atom is 0.310 e. The van der Waals surface area contributed by atoms with Crippen molar-refractivity contribution in [2.75, 3.05) is 21.3 Å². The molecule has 0 unspecified atom stereocenters. The number of hydrogen-bond acceptors (Lipinski definition) is 8. The monoisotopic (exact) mass is 422 g/mol. The van der Waals surface area contributed by atoms with Crippen molar-refractivity contribution < 1.29 is 33.0 Å². The number of fused-ring (bicyclic) bond motifs is 4. The van der Waals surface area contributed by atoms with Crippen molar-refractivity contribution in [2.45, 2.75) is 13.3 Å². The number of carbonyl (C=O) groups is 3. The fourth-order valence-electron chi connectivity index (χ4n) is 3.86. The molecule has 0 spiro atoms. The molecule has 158 valence electrons. The molecule has 31 heavy (non-hydrogen) atoms. The van der Waals surface area contributed by atoms with Gasteiger partial charge in [-0.3, -0.25) is 19.2 Å². The molecular formula is C23H18O8. The lowest BCUT2D eigenvalue weighted by Crippen LogP contribution is -2.24. The molecule has 2 aromatic carbocycles. The number of carbonyl (C=O) groups excluding carboxylic acids is 3. The number of methoxy groups -OCH3 is 3. The Hall–Kier alpha value is -3.94. The highest BCUT2D eigenvalue weighted by atomic mass is 16.5. The van der Waals surface area contributed by atoms with Crippen molar-refractivity contribution in [3.63, 3.8) is 0 Å². The predicted molar refractivity (Wildman–Crippen MR) is 109 cm³/mol. The van der Waals surface area contributed by atoms with Gasteiger partial charge in [0, 0.05) is 23.3 Å². The lowest BCUT2D eigenvalue weighted by atomic mass is 9.81. The predicted octanol–water partition coefficient (Wildman–Crippen LogP) is 2.61. The third kappa shape index (κ3) is 3.07. The maximum atomic E-state index is 13.5. The summed E-state index contributed by atoms with van der Waals surface area (Å²) in [5, 5.41) is 0.0619. The van der Waals surface area contributed by atoms with Gasteiger partial charge >= 0.3 is 5.97 Å². The summed E-state index contributed by atoms with van der Waals surface area (Å²) in [6.07, 6.45) is -0.260. The van der Waals surface area contributed by atoms with Gasteiger partial charge in [0.2, 0.25) is 5.78 Å². The van der Waals surface area contributed by atoms with E-state index in [1.807, 2.05) is 0 Å². The number of esters is 1. The van der Waals surface area contributed by atoms with Gasteiger partial charge in [0.15, 0.2) is 11.2 Å². The molecule has 3 aromatic rings. The average molecular weight is 422 g/mol. The SMILES string of the molecule is COC(=O)Cc1cc2c(c3oc(C)cc(=O)c13)C(=O)c1c(OC)cc(OC)cc1C2=O. The standard InChI is InChI=1S/C23H18O8/c1-10-5-15(24)18-11(7-17(25)30-4)6-13-20(23(18)31-10)22(27)19-14(21(13)26)8-12(28-2)9-16(19)29-3/h5-6,8-9H,7H2,1-4H3. The van der Waals surface area contributed by atoms with E-state index in [2.05, 4.69) is 0 Å². The van der Waals surface area contributed by atoms with Crippen LogP contribution in [0.3, 0.4) is 0 Å². The second-order valence-electron chi connectivity index (χ2n) is 7.05. The largest absolute Gasteiger partial charge is 0.497 e. The Bertz CT molecular complexity index is 1350. The first kappa shape index (κ1) is 20.3. The van der Waals surface area contributed by atoms with Crippen LogP contribution in [0, 0.1) is 6.92 Å².